The van der Waals surface area contributed by atoms with Gasteiger partial charge in [0.2, 0.25) is 0 Å². The molecule has 0 unspecified atom stereocenters. The quantitative estimate of drug-likeness (QED) is 0.580. The van der Waals surface area contributed by atoms with Crippen LogP contribution in [-0.2, 0) is 9.59 Å². The van der Waals surface area contributed by atoms with Crippen LogP contribution in [0.2, 0.25) is 0 Å². The second-order valence-electron chi connectivity index (χ2n) is 4.39. The van der Waals surface area contributed by atoms with E-state index in [1.807, 2.05) is 24.3 Å². The fraction of sp³-hybridized carbons (Fsp3) is 0.231. The molecule has 0 spiro atoms. The van der Waals surface area contributed by atoms with Gasteiger partial charge in [-0.15, -0.1) is 0 Å². The molecular formula is C13H15BrN2O3. The summed E-state index contributed by atoms with van der Waals surface area (Å²) in [6, 6.07) is 7.38. The smallest absolute Gasteiger partial charge is 0.269 e. The number of carbonyl (C=O) groups excluding carboxylic acids is 2. The second kappa shape index (κ2) is 6.49. The molecule has 0 saturated carbocycles. The number of carbonyl (C=O) groups is 2. The number of nitrogens with one attached hydrogen (secondary N) is 2. The number of halogens is 1. The Kier molecular flexibility index (Phi) is 5.26. The fourth-order valence-electron chi connectivity index (χ4n) is 1.06. The van der Waals surface area contributed by atoms with Gasteiger partial charge in [0.15, 0.2) is 0 Å². The van der Waals surface area contributed by atoms with Crippen LogP contribution in [0.25, 0.3) is 6.08 Å². The molecule has 102 valence electrons. The molecule has 3 N–H and O–H groups in total. The zero-order valence-electron chi connectivity index (χ0n) is 10.6. The molecule has 0 radical (unpaired) electrons. The molecule has 0 fully saturated rings. The zero-order chi connectivity index (χ0) is 14.5. The average molecular weight is 327 g/mol. The lowest BCUT2D eigenvalue weighted by molar-refractivity contribution is -0.139. The number of rotatable bonds is 3. The Morgan fingerprint density at radius 1 is 1.21 bits per heavy atom. The van der Waals surface area contributed by atoms with Gasteiger partial charge >= 0.3 is 0 Å². The van der Waals surface area contributed by atoms with Crippen molar-refractivity contribution in [2.24, 2.45) is 0 Å². The Morgan fingerprint density at radius 3 is 2.32 bits per heavy atom. The van der Waals surface area contributed by atoms with Crippen molar-refractivity contribution in [3.8, 4) is 0 Å². The van der Waals surface area contributed by atoms with Crippen molar-refractivity contribution in [2.75, 3.05) is 0 Å². The number of hydrazine groups is 1. The first-order valence-electron chi connectivity index (χ1n) is 5.55. The van der Waals surface area contributed by atoms with Crippen LogP contribution in [0, 0.1) is 0 Å². The number of hydrogen-bond acceptors (Lipinski definition) is 3. The molecule has 0 aliphatic heterocycles. The second-order valence-corrected chi connectivity index (χ2v) is 5.30. The molecule has 0 bridgehead atoms. The first-order chi connectivity index (χ1) is 8.79. The van der Waals surface area contributed by atoms with Gasteiger partial charge in [-0.25, -0.2) is 0 Å². The highest BCUT2D eigenvalue weighted by Crippen LogP contribution is 2.11. The number of benzene rings is 1. The summed E-state index contributed by atoms with van der Waals surface area (Å²) in [5, 5.41) is 9.35. The Morgan fingerprint density at radius 2 is 1.79 bits per heavy atom. The maximum Gasteiger partial charge on any atom is 0.269 e. The van der Waals surface area contributed by atoms with Crippen LogP contribution in [0.1, 0.15) is 19.4 Å². The van der Waals surface area contributed by atoms with Crippen molar-refractivity contribution in [2.45, 2.75) is 19.4 Å². The van der Waals surface area contributed by atoms with E-state index < -0.39 is 17.4 Å². The molecule has 0 aromatic heterocycles. The van der Waals surface area contributed by atoms with Crippen LogP contribution in [0.5, 0.6) is 0 Å². The van der Waals surface area contributed by atoms with Gasteiger partial charge in [-0.1, -0.05) is 28.1 Å². The van der Waals surface area contributed by atoms with Gasteiger partial charge in [0.1, 0.15) is 5.60 Å². The lowest BCUT2D eigenvalue weighted by atomic mass is 10.1. The van der Waals surface area contributed by atoms with Crippen LogP contribution in [0.4, 0.5) is 0 Å². The summed E-state index contributed by atoms with van der Waals surface area (Å²) in [7, 11) is 0. The van der Waals surface area contributed by atoms with Gasteiger partial charge in [-0.2, -0.15) is 0 Å². The van der Waals surface area contributed by atoms with Crippen molar-refractivity contribution >= 4 is 33.8 Å². The largest absolute Gasteiger partial charge is 0.381 e. The summed E-state index contributed by atoms with van der Waals surface area (Å²) < 4.78 is 0.951. The van der Waals surface area contributed by atoms with Crippen molar-refractivity contribution < 1.29 is 14.7 Å². The predicted octanol–water partition coefficient (Wildman–Crippen LogP) is 1.38. The maximum absolute atomic E-state index is 11.4. The monoisotopic (exact) mass is 326 g/mol. The van der Waals surface area contributed by atoms with E-state index in [0.717, 1.165) is 10.0 Å². The van der Waals surface area contributed by atoms with Crippen molar-refractivity contribution in [3.05, 3.63) is 40.4 Å². The number of amides is 2. The summed E-state index contributed by atoms with van der Waals surface area (Å²) in [6.45, 7) is 2.65. The lowest BCUT2D eigenvalue weighted by Gasteiger charge is -2.16. The third-order valence-corrected chi connectivity index (χ3v) is 2.68. The molecule has 19 heavy (non-hydrogen) atoms. The van der Waals surface area contributed by atoms with Crippen molar-refractivity contribution in [3.63, 3.8) is 0 Å². The molecule has 6 heteroatoms. The first-order valence-corrected chi connectivity index (χ1v) is 6.35. The summed E-state index contributed by atoms with van der Waals surface area (Å²) in [5.41, 5.74) is 3.61. The third kappa shape index (κ3) is 5.67. The molecule has 0 heterocycles. The van der Waals surface area contributed by atoms with Gasteiger partial charge in [0, 0.05) is 10.5 Å². The van der Waals surface area contributed by atoms with E-state index >= 15 is 0 Å². The maximum atomic E-state index is 11.4. The highest BCUT2D eigenvalue weighted by atomic mass is 79.9. The molecule has 0 aliphatic rings. The van der Waals surface area contributed by atoms with E-state index in [2.05, 4.69) is 26.8 Å². The Labute approximate surface area is 119 Å². The van der Waals surface area contributed by atoms with Gasteiger partial charge in [0.25, 0.3) is 11.8 Å². The van der Waals surface area contributed by atoms with E-state index in [4.69, 9.17) is 0 Å². The summed E-state index contributed by atoms with van der Waals surface area (Å²) in [5.74, 6) is -1.17. The lowest BCUT2D eigenvalue weighted by Crippen LogP contribution is -2.50. The third-order valence-electron chi connectivity index (χ3n) is 2.15. The Balaban J connectivity index is 2.48. The molecule has 0 aliphatic carbocycles. The van der Waals surface area contributed by atoms with E-state index in [1.54, 1.807) is 6.08 Å². The summed E-state index contributed by atoms with van der Waals surface area (Å²) in [4.78, 5) is 22.7. The average Bonchev–Trinajstić information content (AvgIpc) is 2.34. The Bertz CT molecular complexity index is 490. The van der Waals surface area contributed by atoms with Crippen LogP contribution in [-0.4, -0.2) is 22.5 Å². The standard InChI is InChI=1S/C13H15BrN2O3/c1-13(2,19)12(18)16-15-11(17)8-5-9-3-6-10(14)7-4-9/h3-8,19H,1-2H3,(H,15,17)(H,16,18)/b8-5+. The molecule has 0 atom stereocenters. The molecule has 2 amide bonds. The molecule has 0 saturated heterocycles. The van der Waals surface area contributed by atoms with E-state index in [9.17, 15) is 14.7 Å². The van der Waals surface area contributed by atoms with Gasteiger partial charge in [-0.05, 0) is 37.6 Å². The van der Waals surface area contributed by atoms with Crippen molar-refractivity contribution in [1.82, 2.24) is 10.9 Å². The number of aliphatic hydroxyl groups is 1. The Hall–Kier alpha value is -1.66. The van der Waals surface area contributed by atoms with E-state index in [0.29, 0.717) is 0 Å². The van der Waals surface area contributed by atoms with Crippen molar-refractivity contribution in [1.29, 1.82) is 0 Å². The minimum atomic E-state index is -1.54. The topological polar surface area (TPSA) is 78.4 Å². The van der Waals surface area contributed by atoms with Crippen LogP contribution >= 0.6 is 15.9 Å². The SMILES string of the molecule is CC(C)(O)C(=O)NNC(=O)/C=C/c1ccc(Br)cc1. The molecular weight excluding hydrogens is 312 g/mol. The molecule has 1 aromatic carbocycles. The summed E-state index contributed by atoms with van der Waals surface area (Å²) >= 11 is 3.31. The summed E-state index contributed by atoms with van der Waals surface area (Å²) in [6.07, 6.45) is 2.89. The van der Waals surface area contributed by atoms with E-state index in [-0.39, 0.29) is 0 Å². The normalized spacial score (nSPS) is 11.4. The molecule has 1 rings (SSSR count). The van der Waals surface area contributed by atoms with Crippen LogP contribution in [0.15, 0.2) is 34.8 Å². The highest BCUT2D eigenvalue weighted by molar-refractivity contribution is 9.10. The van der Waals surface area contributed by atoms with E-state index in [1.165, 1.54) is 19.9 Å². The molecule has 1 aromatic rings. The van der Waals surface area contributed by atoms with Gasteiger partial charge in [-0.3, -0.25) is 20.4 Å². The van der Waals surface area contributed by atoms with Gasteiger partial charge < -0.3 is 5.11 Å². The minimum Gasteiger partial charge on any atom is -0.381 e. The first kappa shape index (κ1) is 15.4. The highest BCUT2D eigenvalue weighted by Gasteiger charge is 2.23. The number of hydrogen-bond donors (Lipinski definition) is 3. The molecule has 5 nitrogen and oxygen atoms in total. The van der Waals surface area contributed by atoms with Gasteiger partial charge in [0.05, 0.1) is 0 Å². The fourth-order valence-corrected chi connectivity index (χ4v) is 1.32. The van der Waals surface area contributed by atoms with Crippen LogP contribution < -0.4 is 10.9 Å². The minimum absolute atomic E-state index is 0.486. The van der Waals surface area contributed by atoms with Crippen LogP contribution in [0.3, 0.4) is 0 Å². The zero-order valence-corrected chi connectivity index (χ0v) is 12.2. The predicted molar refractivity (Wildman–Crippen MR) is 75.8 cm³/mol.